The summed E-state index contributed by atoms with van der Waals surface area (Å²) in [5, 5.41) is 2.82. The molecule has 1 saturated heterocycles. The molecule has 7 nitrogen and oxygen atoms in total. The van der Waals surface area contributed by atoms with Gasteiger partial charge in [-0.1, -0.05) is 26.7 Å². The highest BCUT2D eigenvalue weighted by Gasteiger charge is 2.29. The van der Waals surface area contributed by atoms with E-state index in [4.69, 9.17) is 9.47 Å². The Morgan fingerprint density at radius 1 is 1.17 bits per heavy atom. The summed E-state index contributed by atoms with van der Waals surface area (Å²) in [4.78, 5) is 12.5. The van der Waals surface area contributed by atoms with Gasteiger partial charge >= 0.3 is 0 Å². The molecule has 1 amide bonds. The fourth-order valence-corrected chi connectivity index (χ4v) is 4.94. The van der Waals surface area contributed by atoms with E-state index in [1.54, 1.807) is 12.1 Å². The summed E-state index contributed by atoms with van der Waals surface area (Å²) >= 11 is 0. The van der Waals surface area contributed by atoms with Gasteiger partial charge in [0.05, 0.1) is 7.11 Å². The minimum Gasteiger partial charge on any atom is -0.495 e. The van der Waals surface area contributed by atoms with Crippen LogP contribution in [-0.2, 0) is 14.8 Å². The Balaban J connectivity index is 2.06. The van der Waals surface area contributed by atoms with E-state index in [9.17, 15) is 13.2 Å². The second-order valence-corrected chi connectivity index (χ2v) is 9.67. The summed E-state index contributed by atoms with van der Waals surface area (Å²) < 4.78 is 38.6. The van der Waals surface area contributed by atoms with E-state index in [1.165, 1.54) is 17.5 Å². The summed E-state index contributed by atoms with van der Waals surface area (Å²) in [6, 6.07) is 4.56. The third-order valence-electron chi connectivity index (χ3n) is 4.81. The maximum Gasteiger partial charge on any atom is 0.251 e. The zero-order valence-corrected chi connectivity index (χ0v) is 18.6. The van der Waals surface area contributed by atoms with Crippen molar-refractivity contribution in [1.29, 1.82) is 0 Å². The van der Waals surface area contributed by atoms with Gasteiger partial charge in [0.2, 0.25) is 10.0 Å². The molecule has 8 heteroatoms. The Labute approximate surface area is 174 Å². The van der Waals surface area contributed by atoms with Crippen LogP contribution < -0.4 is 10.1 Å². The smallest absolute Gasteiger partial charge is 0.251 e. The number of benzene rings is 1. The SMILES string of the molecule is COc1ccc(C(=O)NCCCOCC(C)C)cc1S(=O)(=O)N1CCCCCC1. The molecule has 164 valence electrons. The molecule has 0 aromatic heterocycles. The molecule has 1 aliphatic heterocycles. The van der Waals surface area contributed by atoms with E-state index < -0.39 is 10.0 Å². The number of carbonyl (C=O) groups excluding carboxylic acids is 1. The van der Waals surface area contributed by atoms with Gasteiger partial charge < -0.3 is 14.8 Å². The summed E-state index contributed by atoms with van der Waals surface area (Å²) in [7, 11) is -2.28. The van der Waals surface area contributed by atoms with E-state index in [1.807, 2.05) is 0 Å². The number of hydrogen-bond donors (Lipinski definition) is 1. The number of amides is 1. The molecule has 1 N–H and O–H groups in total. The van der Waals surface area contributed by atoms with Gasteiger partial charge in [0.25, 0.3) is 5.91 Å². The van der Waals surface area contributed by atoms with Gasteiger partial charge in [-0.05, 0) is 43.4 Å². The Morgan fingerprint density at radius 3 is 2.48 bits per heavy atom. The Morgan fingerprint density at radius 2 is 1.86 bits per heavy atom. The van der Waals surface area contributed by atoms with E-state index in [2.05, 4.69) is 19.2 Å². The Kier molecular flexibility index (Phi) is 9.39. The van der Waals surface area contributed by atoms with Gasteiger partial charge in [-0.15, -0.1) is 0 Å². The lowest BCUT2D eigenvalue weighted by molar-refractivity contribution is 0.0924. The van der Waals surface area contributed by atoms with Gasteiger partial charge in [0.15, 0.2) is 0 Å². The van der Waals surface area contributed by atoms with Gasteiger partial charge in [0, 0.05) is 38.4 Å². The van der Waals surface area contributed by atoms with Gasteiger partial charge in [-0.2, -0.15) is 4.31 Å². The lowest BCUT2D eigenvalue weighted by Crippen LogP contribution is -2.32. The first kappa shape index (κ1) is 23.6. The van der Waals surface area contributed by atoms with Crippen molar-refractivity contribution < 1.29 is 22.7 Å². The minimum absolute atomic E-state index is 0.0508. The number of nitrogens with one attached hydrogen (secondary N) is 1. The summed E-state index contributed by atoms with van der Waals surface area (Å²) in [5.74, 6) is 0.435. The number of ether oxygens (including phenoxy) is 2. The third-order valence-corrected chi connectivity index (χ3v) is 6.73. The maximum atomic E-state index is 13.2. The van der Waals surface area contributed by atoms with Crippen molar-refractivity contribution in [3.05, 3.63) is 23.8 Å². The van der Waals surface area contributed by atoms with Crippen LogP contribution >= 0.6 is 0 Å². The van der Waals surface area contributed by atoms with Crippen molar-refractivity contribution in [2.45, 2.75) is 50.8 Å². The van der Waals surface area contributed by atoms with Gasteiger partial charge in [0.1, 0.15) is 10.6 Å². The Bertz CT molecular complexity index is 756. The summed E-state index contributed by atoms with van der Waals surface area (Å²) in [6.45, 7) is 6.92. The molecule has 0 radical (unpaired) electrons. The van der Waals surface area contributed by atoms with Crippen LogP contribution in [0.3, 0.4) is 0 Å². The predicted octanol–water partition coefficient (Wildman–Crippen LogP) is 3.05. The van der Waals surface area contributed by atoms with Gasteiger partial charge in [-0.25, -0.2) is 8.42 Å². The van der Waals surface area contributed by atoms with Crippen molar-refractivity contribution in [3.63, 3.8) is 0 Å². The van der Waals surface area contributed by atoms with Crippen LogP contribution in [0, 0.1) is 5.92 Å². The largest absolute Gasteiger partial charge is 0.495 e. The molecular formula is C21H34N2O5S. The topological polar surface area (TPSA) is 84.9 Å². The highest BCUT2D eigenvalue weighted by Crippen LogP contribution is 2.29. The van der Waals surface area contributed by atoms with Crippen LogP contribution in [0.25, 0.3) is 0 Å². The fraction of sp³-hybridized carbons (Fsp3) is 0.667. The fourth-order valence-electron chi connectivity index (χ4n) is 3.24. The number of carbonyl (C=O) groups is 1. The van der Waals surface area contributed by atoms with Crippen molar-refractivity contribution >= 4 is 15.9 Å². The number of methoxy groups -OCH3 is 1. The molecular weight excluding hydrogens is 392 g/mol. The number of sulfonamides is 1. The lowest BCUT2D eigenvalue weighted by Gasteiger charge is -2.21. The number of nitrogens with zero attached hydrogens (tertiary/aromatic N) is 1. The molecule has 1 aromatic rings. The lowest BCUT2D eigenvalue weighted by atomic mass is 10.2. The molecule has 0 unspecified atom stereocenters. The first-order chi connectivity index (χ1) is 13.9. The van der Waals surface area contributed by atoms with E-state index >= 15 is 0 Å². The maximum absolute atomic E-state index is 13.2. The summed E-state index contributed by atoms with van der Waals surface area (Å²) in [6.07, 6.45) is 4.47. The molecule has 1 fully saturated rings. The molecule has 0 aliphatic carbocycles. The molecule has 1 heterocycles. The quantitative estimate of drug-likeness (QED) is 0.581. The second-order valence-electron chi connectivity index (χ2n) is 7.76. The average Bonchev–Trinajstić information content (AvgIpc) is 2.99. The molecule has 0 saturated carbocycles. The molecule has 29 heavy (non-hydrogen) atoms. The molecule has 0 spiro atoms. The number of rotatable bonds is 10. The predicted molar refractivity (Wildman–Crippen MR) is 113 cm³/mol. The molecule has 0 atom stereocenters. The Hall–Kier alpha value is -1.64. The van der Waals surface area contributed by atoms with Crippen molar-refractivity contribution in [2.24, 2.45) is 5.92 Å². The van der Waals surface area contributed by atoms with Crippen LogP contribution in [0.15, 0.2) is 23.1 Å². The van der Waals surface area contributed by atoms with E-state index in [-0.39, 0.29) is 16.6 Å². The zero-order valence-electron chi connectivity index (χ0n) is 17.8. The van der Waals surface area contributed by atoms with Crippen molar-refractivity contribution in [1.82, 2.24) is 9.62 Å². The normalized spacial score (nSPS) is 15.9. The highest BCUT2D eigenvalue weighted by atomic mass is 32.2. The average molecular weight is 427 g/mol. The third kappa shape index (κ3) is 6.97. The number of hydrogen-bond acceptors (Lipinski definition) is 5. The van der Waals surface area contributed by atoms with Crippen LogP contribution in [0.4, 0.5) is 0 Å². The van der Waals surface area contributed by atoms with Crippen LogP contribution in [-0.4, -0.2) is 58.6 Å². The minimum atomic E-state index is -3.72. The van der Waals surface area contributed by atoms with Crippen molar-refractivity contribution in [2.75, 3.05) is 40.0 Å². The second kappa shape index (κ2) is 11.5. The standard InChI is InChI=1S/C21H34N2O5S/c1-17(2)16-28-14-8-11-22-21(24)18-9-10-19(27-3)20(15-18)29(25,26)23-12-6-4-5-7-13-23/h9-10,15,17H,4-8,11-14,16H2,1-3H3,(H,22,24). The van der Waals surface area contributed by atoms with E-state index in [0.29, 0.717) is 50.8 Å². The summed E-state index contributed by atoms with van der Waals surface area (Å²) in [5.41, 5.74) is 0.308. The van der Waals surface area contributed by atoms with Crippen molar-refractivity contribution in [3.8, 4) is 5.75 Å². The molecule has 1 aromatic carbocycles. The molecule has 0 bridgehead atoms. The first-order valence-electron chi connectivity index (χ1n) is 10.4. The first-order valence-corrected chi connectivity index (χ1v) is 11.8. The van der Waals surface area contributed by atoms with E-state index in [0.717, 1.165) is 25.7 Å². The van der Waals surface area contributed by atoms with Crippen LogP contribution in [0.2, 0.25) is 0 Å². The highest BCUT2D eigenvalue weighted by molar-refractivity contribution is 7.89. The van der Waals surface area contributed by atoms with Crippen LogP contribution in [0.5, 0.6) is 5.75 Å². The molecule has 1 aliphatic rings. The zero-order chi connectivity index (χ0) is 21.3. The molecule has 2 rings (SSSR count). The van der Waals surface area contributed by atoms with Gasteiger partial charge in [-0.3, -0.25) is 4.79 Å². The monoisotopic (exact) mass is 426 g/mol. The van der Waals surface area contributed by atoms with Crippen LogP contribution in [0.1, 0.15) is 56.3 Å².